The zero-order valence-electron chi connectivity index (χ0n) is 10.1. The molecule has 0 bridgehead atoms. The van der Waals surface area contributed by atoms with Crippen molar-refractivity contribution in [2.75, 3.05) is 5.32 Å². The van der Waals surface area contributed by atoms with Gasteiger partial charge < -0.3 is 5.32 Å². The highest BCUT2D eigenvalue weighted by Gasteiger charge is 2.02. The normalized spacial score (nSPS) is 10.0. The third-order valence-corrected chi connectivity index (χ3v) is 2.56. The Morgan fingerprint density at radius 1 is 1.24 bits per heavy atom. The second-order valence-electron chi connectivity index (χ2n) is 3.87. The number of aromatic nitrogens is 2. The fourth-order valence-electron chi connectivity index (χ4n) is 1.71. The Kier molecular flexibility index (Phi) is 3.19. The lowest BCUT2D eigenvalue weighted by atomic mass is 10.1. The van der Waals surface area contributed by atoms with Crippen LogP contribution in [-0.2, 0) is 0 Å². The number of rotatable bonds is 3. The first-order chi connectivity index (χ1) is 8.20. The minimum atomic E-state index is 0.786. The first kappa shape index (κ1) is 11.3. The van der Waals surface area contributed by atoms with E-state index >= 15 is 0 Å². The van der Waals surface area contributed by atoms with Crippen molar-refractivity contribution in [2.24, 2.45) is 0 Å². The van der Waals surface area contributed by atoms with Gasteiger partial charge in [0.15, 0.2) is 0 Å². The molecule has 1 aromatic carbocycles. The summed E-state index contributed by atoms with van der Waals surface area (Å²) in [5.41, 5.74) is 4.28. The van der Waals surface area contributed by atoms with Crippen LogP contribution in [0.3, 0.4) is 0 Å². The fourth-order valence-corrected chi connectivity index (χ4v) is 1.71. The SMILES string of the molecule is C=CNc1ccc(-c2ccnc(C)n2)cc1C. The third-order valence-electron chi connectivity index (χ3n) is 2.56. The van der Waals surface area contributed by atoms with E-state index in [9.17, 15) is 0 Å². The van der Waals surface area contributed by atoms with Crippen molar-refractivity contribution >= 4 is 5.69 Å². The molecular formula is C14H15N3. The molecule has 0 radical (unpaired) electrons. The Labute approximate surface area is 101 Å². The van der Waals surface area contributed by atoms with Gasteiger partial charge in [0.1, 0.15) is 5.82 Å². The van der Waals surface area contributed by atoms with Crippen molar-refractivity contribution in [3.05, 3.63) is 54.6 Å². The predicted octanol–water partition coefficient (Wildman–Crippen LogP) is 3.32. The first-order valence-electron chi connectivity index (χ1n) is 5.49. The van der Waals surface area contributed by atoms with E-state index in [1.165, 1.54) is 5.56 Å². The summed E-state index contributed by atoms with van der Waals surface area (Å²) in [7, 11) is 0. The van der Waals surface area contributed by atoms with Gasteiger partial charge in [-0.15, -0.1) is 0 Å². The lowest BCUT2D eigenvalue weighted by Gasteiger charge is -2.08. The summed E-state index contributed by atoms with van der Waals surface area (Å²) in [5.74, 6) is 0.786. The molecule has 0 amide bonds. The second kappa shape index (κ2) is 4.78. The molecule has 17 heavy (non-hydrogen) atoms. The molecule has 1 heterocycles. The van der Waals surface area contributed by atoms with Crippen LogP contribution in [0, 0.1) is 13.8 Å². The molecule has 0 fully saturated rings. The van der Waals surface area contributed by atoms with Gasteiger partial charge in [-0.1, -0.05) is 12.6 Å². The number of hydrogen-bond acceptors (Lipinski definition) is 3. The molecular weight excluding hydrogens is 210 g/mol. The molecule has 0 spiro atoms. The number of aryl methyl sites for hydroxylation is 2. The minimum Gasteiger partial charge on any atom is -0.362 e. The van der Waals surface area contributed by atoms with Gasteiger partial charge in [-0.05, 0) is 43.8 Å². The third kappa shape index (κ3) is 2.50. The highest BCUT2D eigenvalue weighted by Crippen LogP contribution is 2.23. The van der Waals surface area contributed by atoms with E-state index in [1.807, 2.05) is 25.1 Å². The maximum Gasteiger partial charge on any atom is 0.125 e. The summed E-state index contributed by atoms with van der Waals surface area (Å²) in [6.07, 6.45) is 3.46. The van der Waals surface area contributed by atoms with Crippen molar-refractivity contribution in [2.45, 2.75) is 13.8 Å². The predicted molar refractivity (Wildman–Crippen MR) is 70.8 cm³/mol. The van der Waals surface area contributed by atoms with Gasteiger partial charge in [0.25, 0.3) is 0 Å². The molecule has 0 aliphatic heterocycles. The molecule has 0 unspecified atom stereocenters. The van der Waals surface area contributed by atoms with Gasteiger partial charge in [-0.3, -0.25) is 0 Å². The van der Waals surface area contributed by atoms with Crippen LogP contribution in [0.25, 0.3) is 11.3 Å². The number of nitrogens with one attached hydrogen (secondary N) is 1. The second-order valence-corrected chi connectivity index (χ2v) is 3.87. The highest BCUT2D eigenvalue weighted by atomic mass is 14.9. The van der Waals surface area contributed by atoms with Gasteiger partial charge >= 0.3 is 0 Å². The minimum absolute atomic E-state index is 0.786. The smallest absolute Gasteiger partial charge is 0.125 e. The van der Waals surface area contributed by atoms with E-state index in [1.54, 1.807) is 12.4 Å². The average molecular weight is 225 g/mol. The Balaban J connectivity index is 2.40. The molecule has 0 aliphatic carbocycles. The lowest BCUT2D eigenvalue weighted by molar-refractivity contribution is 1.06. The van der Waals surface area contributed by atoms with E-state index in [0.717, 1.165) is 22.8 Å². The number of benzene rings is 1. The summed E-state index contributed by atoms with van der Waals surface area (Å²) in [6.45, 7) is 7.61. The Morgan fingerprint density at radius 3 is 2.71 bits per heavy atom. The molecule has 3 nitrogen and oxygen atoms in total. The van der Waals surface area contributed by atoms with E-state index < -0.39 is 0 Å². The van der Waals surface area contributed by atoms with E-state index in [-0.39, 0.29) is 0 Å². The molecule has 2 aromatic rings. The summed E-state index contributed by atoms with van der Waals surface area (Å²) < 4.78 is 0. The zero-order valence-corrected chi connectivity index (χ0v) is 10.1. The van der Waals surface area contributed by atoms with Gasteiger partial charge in [0, 0.05) is 17.4 Å². The fraction of sp³-hybridized carbons (Fsp3) is 0.143. The molecule has 0 atom stereocenters. The quantitative estimate of drug-likeness (QED) is 0.870. The molecule has 86 valence electrons. The van der Waals surface area contributed by atoms with Crippen molar-refractivity contribution in [3.8, 4) is 11.3 Å². The largest absolute Gasteiger partial charge is 0.362 e. The van der Waals surface area contributed by atoms with Crippen LogP contribution in [0.5, 0.6) is 0 Å². The molecule has 0 saturated heterocycles. The standard InChI is InChI=1S/C14H15N3/c1-4-15-13-6-5-12(9-10(13)2)14-7-8-16-11(3)17-14/h4-9,15H,1H2,2-3H3. The van der Waals surface area contributed by atoms with Crippen molar-refractivity contribution < 1.29 is 0 Å². The van der Waals surface area contributed by atoms with Crippen molar-refractivity contribution in [1.29, 1.82) is 0 Å². The van der Waals surface area contributed by atoms with Crippen LogP contribution < -0.4 is 5.32 Å². The maximum atomic E-state index is 4.41. The van der Waals surface area contributed by atoms with Crippen molar-refractivity contribution in [1.82, 2.24) is 9.97 Å². The van der Waals surface area contributed by atoms with Crippen LogP contribution in [-0.4, -0.2) is 9.97 Å². The van der Waals surface area contributed by atoms with Gasteiger partial charge in [-0.25, -0.2) is 9.97 Å². The monoisotopic (exact) mass is 225 g/mol. The van der Waals surface area contributed by atoms with Gasteiger partial charge in [0.05, 0.1) is 5.69 Å². The van der Waals surface area contributed by atoms with Crippen LogP contribution >= 0.6 is 0 Å². The molecule has 1 N–H and O–H groups in total. The first-order valence-corrected chi connectivity index (χ1v) is 5.49. The Bertz CT molecular complexity index is 547. The molecule has 0 aliphatic rings. The summed E-state index contributed by atoms with van der Waals surface area (Å²) in [4.78, 5) is 8.51. The topological polar surface area (TPSA) is 37.8 Å². The maximum absolute atomic E-state index is 4.41. The number of hydrogen-bond donors (Lipinski definition) is 1. The van der Waals surface area contributed by atoms with E-state index in [0.29, 0.717) is 0 Å². The Hall–Kier alpha value is -2.16. The molecule has 3 heteroatoms. The Morgan fingerprint density at radius 2 is 2.06 bits per heavy atom. The summed E-state index contributed by atoms with van der Waals surface area (Å²) >= 11 is 0. The number of anilines is 1. The zero-order chi connectivity index (χ0) is 12.3. The van der Waals surface area contributed by atoms with E-state index in [2.05, 4.69) is 34.9 Å². The summed E-state index contributed by atoms with van der Waals surface area (Å²) in [5, 5.41) is 3.10. The molecule has 2 rings (SSSR count). The van der Waals surface area contributed by atoms with Crippen LogP contribution in [0.4, 0.5) is 5.69 Å². The van der Waals surface area contributed by atoms with Crippen LogP contribution in [0.15, 0.2) is 43.2 Å². The highest BCUT2D eigenvalue weighted by molar-refractivity contribution is 5.66. The van der Waals surface area contributed by atoms with E-state index in [4.69, 9.17) is 0 Å². The molecule has 0 saturated carbocycles. The summed E-state index contributed by atoms with van der Waals surface area (Å²) in [6, 6.07) is 8.10. The number of nitrogens with zero attached hydrogens (tertiary/aromatic N) is 2. The average Bonchev–Trinajstić information content (AvgIpc) is 2.32. The van der Waals surface area contributed by atoms with Gasteiger partial charge in [-0.2, -0.15) is 0 Å². The van der Waals surface area contributed by atoms with Crippen LogP contribution in [0.1, 0.15) is 11.4 Å². The van der Waals surface area contributed by atoms with Crippen LogP contribution in [0.2, 0.25) is 0 Å². The molecule has 1 aromatic heterocycles. The van der Waals surface area contributed by atoms with Crippen molar-refractivity contribution in [3.63, 3.8) is 0 Å². The van der Waals surface area contributed by atoms with Gasteiger partial charge in [0.2, 0.25) is 0 Å². The lowest BCUT2D eigenvalue weighted by Crippen LogP contribution is -1.93.